The minimum absolute atomic E-state index is 0.0712. The molecular weight excluding hydrogens is 477 g/mol. The molecule has 0 radical (unpaired) electrons. The number of rotatable bonds is 10. The number of ether oxygens (including phenoxy) is 1. The zero-order chi connectivity index (χ0) is 28.0. The lowest BCUT2D eigenvalue weighted by atomic mass is 9.86. The number of benzene rings is 1. The van der Waals surface area contributed by atoms with Crippen LogP contribution < -0.4 is 10.9 Å². The molecule has 1 aromatic heterocycles. The molecule has 1 amide bonds. The molecule has 1 aromatic carbocycles. The highest BCUT2D eigenvalue weighted by Crippen LogP contribution is 2.25. The molecule has 0 saturated carbocycles. The lowest BCUT2D eigenvalue weighted by Gasteiger charge is -2.28. The molecule has 9 heteroatoms. The molecule has 0 aliphatic carbocycles. The van der Waals surface area contributed by atoms with Gasteiger partial charge in [-0.3, -0.25) is 19.2 Å². The molecule has 0 saturated heterocycles. The van der Waals surface area contributed by atoms with Crippen molar-refractivity contribution in [3.63, 3.8) is 0 Å². The lowest BCUT2D eigenvalue weighted by Crippen LogP contribution is -2.50. The molecule has 1 heterocycles. The first-order chi connectivity index (χ1) is 17.2. The van der Waals surface area contributed by atoms with E-state index in [1.165, 1.54) is 16.9 Å². The summed E-state index contributed by atoms with van der Waals surface area (Å²) in [6.45, 7) is 11.6. The first-order valence-electron chi connectivity index (χ1n) is 12.4. The second-order valence-corrected chi connectivity index (χ2v) is 11.1. The van der Waals surface area contributed by atoms with E-state index in [1.54, 1.807) is 27.7 Å². The lowest BCUT2D eigenvalue weighted by molar-refractivity contribution is -0.158. The molecule has 0 spiro atoms. The highest BCUT2D eigenvalue weighted by atomic mass is 19.1. The first-order valence-corrected chi connectivity index (χ1v) is 12.4. The molecule has 37 heavy (non-hydrogen) atoms. The largest absolute Gasteiger partial charge is 0.459 e. The summed E-state index contributed by atoms with van der Waals surface area (Å²) < 4.78 is 20.3. The van der Waals surface area contributed by atoms with Crippen molar-refractivity contribution in [2.45, 2.75) is 90.8 Å². The van der Waals surface area contributed by atoms with Gasteiger partial charge in [-0.1, -0.05) is 52.0 Å². The van der Waals surface area contributed by atoms with Crippen LogP contribution in [0, 0.1) is 0 Å². The quantitative estimate of drug-likeness (QED) is 0.482. The van der Waals surface area contributed by atoms with Crippen LogP contribution in [-0.4, -0.2) is 45.8 Å². The van der Waals surface area contributed by atoms with Crippen molar-refractivity contribution in [3.8, 4) is 0 Å². The number of alkyl halides is 1. The van der Waals surface area contributed by atoms with E-state index in [2.05, 4.69) is 31.2 Å². The number of halogens is 1. The van der Waals surface area contributed by atoms with Crippen LogP contribution in [0.15, 0.2) is 41.3 Å². The van der Waals surface area contributed by atoms with Crippen molar-refractivity contribution in [2.75, 3.05) is 6.67 Å². The summed E-state index contributed by atoms with van der Waals surface area (Å²) in [5, 5.41) is 6.62. The summed E-state index contributed by atoms with van der Waals surface area (Å²) in [6, 6.07) is 7.44. The molecule has 2 rings (SSSR count). The summed E-state index contributed by atoms with van der Waals surface area (Å²) in [5.41, 5.74) is 0.0923. The number of nitrogens with one attached hydrogen (secondary N) is 1. The van der Waals surface area contributed by atoms with E-state index in [9.17, 15) is 23.6 Å². The number of carbonyl (C=O) groups excluding carboxylic acids is 3. The highest BCUT2D eigenvalue weighted by molar-refractivity contribution is 5.96. The number of hydrogen-bond donors (Lipinski definition) is 1. The van der Waals surface area contributed by atoms with Gasteiger partial charge >= 0.3 is 5.97 Å². The summed E-state index contributed by atoms with van der Waals surface area (Å²) in [5.74, 6) is -4.02. The molecular formula is C28H38FN3O5. The highest BCUT2D eigenvalue weighted by Gasteiger charge is 2.40. The van der Waals surface area contributed by atoms with Gasteiger partial charge in [0.05, 0.1) is 6.54 Å². The minimum Gasteiger partial charge on any atom is -0.459 e. The Bertz CT molecular complexity index is 1180. The van der Waals surface area contributed by atoms with Gasteiger partial charge in [0.2, 0.25) is 5.91 Å². The molecule has 1 N–H and O–H groups in total. The van der Waals surface area contributed by atoms with E-state index >= 15 is 0 Å². The van der Waals surface area contributed by atoms with Crippen LogP contribution in [0.25, 0.3) is 0 Å². The zero-order valence-electron chi connectivity index (χ0n) is 22.8. The zero-order valence-corrected chi connectivity index (χ0v) is 22.8. The third kappa shape index (κ3) is 8.33. The Morgan fingerprint density at radius 2 is 1.78 bits per heavy atom. The Labute approximate surface area is 217 Å². The van der Waals surface area contributed by atoms with Gasteiger partial charge in [0.25, 0.3) is 5.56 Å². The Hall–Kier alpha value is -3.36. The van der Waals surface area contributed by atoms with Crippen LogP contribution >= 0.6 is 0 Å². The molecule has 2 unspecified atom stereocenters. The molecule has 8 nitrogen and oxygen atoms in total. The smallest absolute Gasteiger partial charge is 0.316 e. The molecule has 202 valence electrons. The molecule has 2 atom stereocenters. The maximum absolute atomic E-state index is 13.6. The fourth-order valence-electron chi connectivity index (χ4n) is 3.84. The summed E-state index contributed by atoms with van der Waals surface area (Å²) in [4.78, 5) is 51.9. The van der Waals surface area contributed by atoms with Crippen molar-refractivity contribution >= 4 is 17.7 Å². The summed E-state index contributed by atoms with van der Waals surface area (Å²) in [6.07, 6.45) is 1.89. The van der Waals surface area contributed by atoms with Crippen LogP contribution in [0.2, 0.25) is 0 Å². The van der Waals surface area contributed by atoms with Crippen molar-refractivity contribution in [1.29, 1.82) is 0 Å². The van der Waals surface area contributed by atoms with Crippen molar-refractivity contribution in [1.82, 2.24) is 15.1 Å². The van der Waals surface area contributed by atoms with Gasteiger partial charge in [-0.05, 0) is 49.8 Å². The standard InChI is InChI=1S/C28H38FN3O5/c1-8-10-22(34)31-24(21(33)16-29)23(26(36)37-28(5,6)7)20-13-14-30-32(25(20)35)17-18-11-9-12-19(15-18)27(2,3)4/h9,11-15,23-24H,8,10,16-17H2,1-7H3,(H,31,34). The summed E-state index contributed by atoms with van der Waals surface area (Å²) >= 11 is 0. The van der Waals surface area contributed by atoms with Gasteiger partial charge in [-0.25, -0.2) is 9.07 Å². The SMILES string of the molecule is CCCC(=O)NC(C(=O)CF)C(C(=O)OC(C)(C)C)c1ccnn(Cc2cccc(C(C)(C)C)c2)c1=O. The average molecular weight is 516 g/mol. The summed E-state index contributed by atoms with van der Waals surface area (Å²) in [7, 11) is 0. The number of hydrogen-bond acceptors (Lipinski definition) is 6. The maximum Gasteiger partial charge on any atom is 0.316 e. The van der Waals surface area contributed by atoms with E-state index in [0.29, 0.717) is 6.42 Å². The topological polar surface area (TPSA) is 107 Å². The number of ketones is 1. The fraction of sp³-hybridized carbons (Fsp3) is 0.536. The van der Waals surface area contributed by atoms with Gasteiger partial charge in [0.1, 0.15) is 24.2 Å². The van der Waals surface area contributed by atoms with E-state index in [0.717, 1.165) is 11.1 Å². The van der Waals surface area contributed by atoms with Crippen molar-refractivity contribution in [3.05, 3.63) is 63.6 Å². The predicted octanol–water partition coefficient (Wildman–Crippen LogP) is 3.84. The number of carbonyl (C=O) groups is 3. The maximum atomic E-state index is 13.6. The molecule has 0 fully saturated rings. The number of esters is 1. The van der Waals surface area contributed by atoms with Gasteiger partial charge in [-0.15, -0.1) is 0 Å². The number of Topliss-reactive ketones (excluding diaryl/α,β-unsaturated/α-hetero) is 1. The second-order valence-electron chi connectivity index (χ2n) is 11.1. The fourth-order valence-corrected chi connectivity index (χ4v) is 3.84. The second kappa shape index (κ2) is 12.3. The number of nitrogens with zero attached hydrogens (tertiary/aromatic N) is 2. The van der Waals surface area contributed by atoms with Crippen LogP contribution in [0.3, 0.4) is 0 Å². The third-order valence-corrected chi connectivity index (χ3v) is 5.67. The molecule has 0 bridgehead atoms. The minimum atomic E-state index is -1.60. The Kier molecular flexibility index (Phi) is 9.89. The molecule has 0 aliphatic rings. The van der Waals surface area contributed by atoms with Gasteiger partial charge < -0.3 is 10.1 Å². The van der Waals surface area contributed by atoms with Crippen LogP contribution in [0.5, 0.6) is 0 Å². The Morgan fingerprint density at radius 3 is 2.35 bits per heavy atom. The number of aromatic nitrogens is 2. The molecule has 2 aromatic rings. The van der Waals surface area contributed by atoms with Crippen LogP contribution in [-0.2, 0) is 31.1 Å². The van der Waals surface area contributed by atoms with E-state index in [1.807, 2.05) is 24.3 Å². The van der Waals surface area contributed by atoms with E-state index in [4.69, 9.17) is 4.74 Å². The van der Waals surface area contributed by atoms with E-state index < -0.39 is 47.5 Å². The van der Waals surface area contributed by atoms with Crippen LogP contribution in [0.4, 0.5) is 4.39 Å². The monoisotopic (exact) mass is 515 g/mol. The normalized spacial score (nSPS) is 13.5. The van der Waals surface area contributed by atoms with Crippen molar-refractivity contribution < 1.29 is 23.5 Å². The van der Waals surface area contributed by atoms with Crippen molar-refractivity contribution in [2.24, 2.45) is 0 Å². The van der Waals surface area contributed by atoms with E-state index in [-0.39, 0.29) is 23.9 Å². The van der Waals surface area contributed by atoms with Gasteiger partial charge in [0, 0.05) is 18.2 Å². The Balaban J connectivity index is 2.60. The predicted molar refractivity (Wildman–Crippen MR) is 139 cm³/mol. The van der Waals surface area contributed by atoms with Gasteiger partial charge in [0.15, 0.2) is 5.78 Å². The Morgan fingerprint density at radius 1 is 1.11 bits per heavy atom. The van der Waals surface area contributed by atoms with Gasteiger partial charge in [-0.2, -0.15) is 5.10 Å². The number of amides is 1. The first kappa shape index (κ1) is 29.9. The molecule has 0 aliphatic heterocycles. The van der Waals surface area contributed by atoms with Crippen LogP contribution in [0.1, 0.15) is 83.9 Å². The third-order valence-electron chi connectivity index (χ3n) is 5.67. The average Bonchev–Trinajstić information content (AvgIpc) is 2.79.